The van der Waals surface area contributed by atoms with Gasteiger partial charge >= 0.3 is 0 Å². The van der Waals surface area contributed by atoms with Crippen LogP contribution in [0.5, 0.6) is 0 Å². The number of aryl methyl sites for hydroxylation is 1. The molecule has 0 bridgehead atoms. The van der Waals surface area contributed by atoms with Gasteiger partial charge in [0.05, 0.1) is 11.2 Å². The molecule has 1 aromatic carbocycles. The molecule has 1 aliphatic heterocycles. The average molecular weight is 370 g/mol. The zero-order chi connectivity index (χ0) is 17.1. The van der Waals surface area contributed by atoms with E-state index >= 15 is 0 Å². The molecule has 5 nitrogen and oxygen atoms in total. The fourth-order valence-electron chi connectivity index (χ4n) is 3.31. The zero-order valence-electron chi connectivity index (χ0n) is 14.9. The Kier molecular flexibility index (Phi) is 6.01. The molecule has 0 spiro atoms. The Morgan fingerprint density at radius 2 is 1.96 bits per heavy atom. The van der Waals surface area contributed by atoms with Crippen molar-refractivity contribution >= 4 is 29.3 Å². The molecule has 3 aromatic rings. The second kappa shape index (κ2) is 8.43. The van der Waals surface area contributed by atoms with Crippen molar-refractivity contribution in [3.8, 4) is 11.3 Å². The van der Waals surface area contributed by atoms with Crippen molar-refractivity contribution in [1.29, 1.82) is 0 Å². The van der Waals surface area contributed by atoms with E-state index in [0.29, 0.717) is 5.92 Å². The lowest BCUT2D eigenvalue weighted by Gasteiger charge is -2.23. The van der Waals surface area contributed by atoms with E-state index in [4.69, 9.17) is 4.98 Å². The quantitative estimate of drug-likeness (QED) is 0.731. The van der Waals surface area contributed by atoms with Crippen LogP contribution in [0.1, 0.15) is 18.4 Å². The van der Waals surface area contributed by atoms with E-state index in [9.17, 15) is 0 Å². The number of halogens is 1. The highest BCUT2D eigenvalue weighted by molar-refractivity contribution is 5.88. The van der Waals surface area contributed by atoms with Gasteiger partial charge in [-0.2, -0.15) is 0 Å². The van der Waals surface area contributed by atoms with Gasteiger partial charge in [-0.05, 0) is 44.8 Å². The number of piperidine rings is 1. The van der Waals surface area contributed by atoms with Gasteiger partial charge in [0.25, 0.3) is 0 Å². The predicted octanol–water partition coefficient (Wildman–Crippen LogP) is 3.83. The lowest BCUT2D eigenvalue weighted by Crippen LogP contribution is -2.33. The Labute approximate surface area is 160 Å². The largest absolute Gasteiger partial charge is 0.368 e. The van der Waals surface area contributed by atoms with Crippen LogP contribution in [-0.2, 0) is 0 Å². The Bertz CT molecular complexity index is 860. The number of rotatable bonds is 4. The third-order valence-electron chi connectivity index (χ3n) is 4.76. The molecular weight excluding hydrogens is 346 g/mol. The summed E-state index contributed by atoms with van der Waals surface area (Å²) in [6.07, 6.45) is 5.95. The van der Waals surface area contributed by atoms with Gasteiger partial charge in [0.2, 0.25) is 0 Å². The molecular formula is C20H24ClN5. The van der Waals surface area contributed by atoms with Crippen LogP contribution in [0, 0.1) is 12.8 Å². The molecule has 3 heterocycles. The van der Waals surface area contributed by atoms with Crippen LogP contribution in [0.4, 0.5) is 5.82 Å². The number of hydrogen-bond donors (Lipinski definition) is 2. The second-order valence-corrected chi connectivity index (χ2v) is 6.74. The molecule has 136 valence electrons. The number of pyridine rings is 1. The molecule has 2 aromatic heterocycles. The first-order valence-electron chi connectivity index (χ1n) is 8.93. The summed E-state index contributed by atoms with van der Waals surface area (Å²) in [6.45, 7) is 5.19. The summed E-state index contributed by atoms with van der Waals surface area (Å²) in [7, 11) is 0. The monoisotopic (exact) mass is 369 g/mol. The Hall–Kier alpha value is -2.24. The van der Waals surface area contributed by atoms with Crippen LogP contribution in [0.25, 0.3) is 22.3 Å². The molecule has 4 rings (SSSR count). The van der Waals surface area contributed by atoms with Crippen LogP contribution in [-0.4, -0.2) is 34.6 Å². The molecule has 1 aliphatic rings. The van der Waals surface area contributed by atoms with Crippen molar-refractivity contribution in [1.82, 2.24) is 20.3 Å². The summed E-state index contributed by atoms with van der Waals surface area (Å²) in [6, 6.07) is 10.4. The third-order valence-corrected chi connectivity index (χ3v) is 4.76. The molecule has 0 saturated carbocycles. The number of benzene rings is 1. The SMILES string of the molecule is Cc1ccc(-c2cc3nccnc3c(NC[C@H]3CCCNC3)n2)cc1.Cl. The molecule has 1 fully saturated rings. The first kappa shape index (κ1) is 18.5. The van der Waals surface area contributed by atoms with E-state index in [1.165, 1.54) is 18.4 Å². The number of nitrogens with one attached hydrogen (secondary N) is 2. The van der Waals surface area contributed by atoms with E-state index < -0.39 is 0 Å². The van der Waals surface area contributed by atoms with Gasteiger partial charge in [-0.15, -0.1) is 12.4 Å². The topological polar surface area (TPSA) is 62.7 Å². The van der Waals surface area contributed by atoms with Gasteiger partial charge in [0, 0.05) is 24.5 Å². The predicted molar refractivity (Wildman–Crippen MR) is 109 cm³/mol. The Morgan fingerprint density at radius 1 is 1.15 bits per heavy atom. The first-order chi connectivity index (χ1) is 12.3. The molecule has 0 radical (unpaired) electrons. The van der Waals surface area contributed by atoms with Gasteiger partial charge in [0.15, 0.2) is 5.82 Å². The van der Waals surface area contributed by atoms with Crippen molar-refractivity contribution in [3.05, 3.63) is 48.3 Å². The van der Waals surface area contributed by atoms with E-state index in [0.717, 1.165) is 47.7 Å². The molecule has 2 N–H and O–H groups in total. The van der Waals surface area contributed by atoms with Gasteiger partial charge in [-0.25, -0.2) is 9.97 Å². The Morgan fingerprint density at radius 3 is 2.73 bits per heavy atom. The van der Waals surface area contributed by atoms with Crippen molar-refractivity contribution in [2.45, 2.75) is 19.8 Å². The average Bonchev–Trinajstić information content (AvgIpc) is 2.67. The van der Waals surface area contributed by atoms with Crippen molar-refractivity contribution in [2.24, 2.45) is 5.92 Å². The normalized spacial score (nSPS) is 16.9. The van der Waals surface area contributed by atoms with Crippen molar-refractivity contribution in [2.75, 3.05) is 25.0 Å². The van der Waals surface area contributed by atoms with E-state index in [-0.39, 0.29) is 12.4 Å². The van der Waals surface area contributed by atoms with Crippen molar-refractivity contribution in [3.63, 3.8) is 0 Å². The number of nitrogens with zero attached hydrogens (tertiary/aromatic N) is 3. The standard InChI is InChI=1S/C20H23N5.ClH/c1-14-4-6-16(7-5-14)17-11-18-19(23-10-9-22-18)20(25-17)24-13-15-3-2-8-21-12-15;/h4-7,9-11,15,21H,2-3,8,12-13H2,1H3,(H,24,25);1H/t15-;/m0./s1. The minimum atomic E-state index is 0. The molecule has 6 heteroatoms. The minimum absolute atomic E-state index is 0. The van der Waals surface area contributed by atoms with Crippen LogP contribution in [0.3, 0.4) is 0 Å². The Balaban J connectivity index is 0.00000196. The van der Waals surface area contributed by atoms with Crippen LogP contribution in [0.2, 0.25) is 0 Å². The van der Waals surface area contributed by atoms with E-state index in [2.05, 4.69) is 51.8 Å². The molecule has 1 atom stereocenters. The molecule has 0 aliphatic carbocycles. The summed E-state index contributed by atoms with van der Waals surface area (Å²) >= 11 is 0. The summed E-state index contributed by atoms with van der Waals surface area (Å²) < 4.78 is 0. The summed E-state index contributed by atoms with van der Waals surface area (Å²) in [5.41, 5.74) is 4.98. The second-order valence-electron chi connectivity index (χ2n) is 6.74. The molecule has 1 saturated heterocycles. The number of aromatic nitrogens is 3. The summed E-state index contributed by atoms with van der Waals surface area (Å²) in [5, 5.41) is 6.99. The van der Waals surface area contributed by atoms with Crippen molar-refractivity contribution < 1.29 is 0 Å². The number of hydrogen-bond acceptors (Lipinski definition) is 5. The number of fused-ring (bicyclic) bond motifs is 1. The van der Waals surface area contributed by atoms with Crippen LogP contribution < -0.4 is 10.6 Å². The zero-order valence-corrected chi connectivity index (χ0v) is 15.7. The summed E-state index contributed by atoms with van der Waals surface area (Å²) in [5.74, 6) is 1.46. The van der Waals surface area contributed by atoms with Crippen LogP contribution >= 0.6 is 12.4 Å². The highest BCUT2D eigenvalue weighted by Crippen LogP contribution is 2.26. The molecule has 0 unspecified atom stereocenters. The third kappa shape index (κ3) is 4.11. The fourth-order valence-corrected chi connectivity index (χ4v) is 3.31. The summed E-state index contributed by atoms with van der Waals surface area (Å²) in [4.78, 5) is 13.8. The lowest BCUT2D eigenvalue weighted by molar-refractivity contribution is 0.392. The highest BCUT2D eigenvalue weighted by Gasteiger charge is 2.15. The first-order valence-corrected chi connectivity index (χ1v) is 8.93. The molecule has 26 heavy (non-hydrogen) atoms. The van der Waals surface area contributed by atoms with E-state index in [1.54, 1.807) is 12.4 Å². The number of anilines is 1. The van der Waals surface area contributed by atoms with Gasteiger partial charge in [-0.1, -0.05) is 29.8 Å². The molecule has 0 amide bonds. The fraction of sp³-hybridized carbons (Fsp3) is 0.350. The smallest absolute Gasteiger partial charge is 0.154 e. The van der Waals surface area contributed by atoms with Gasteiger partial charge < -0.3 is 10.6 Å². The van der Waals surface area contributed by atoms with E-state index in [1.807, 2.05) is 6.07 Å². The maximum absolute atomic E-state index is 4.85. The van der Waals surface area contributed by atoms with Gasteiger partial charge in [-0.3, -0.25) is 4.98 Å². The maximum atomic E-state index is 4.85. The highest BCUT2D eigenvalue weighted by atomic mass is 35.5. The van der Waals surface area contributed by atoms with Gasteiger partial charge in [0.1, 0.15) is 5.52 Å². The lowest BCUT2D eigenvalue weighted by atomic mass is 10.00. The maximum Gasteiger partial charge on any atom is 0.154 e. The minimum Gasteiger partial charge on any atom is -0.368 e. The van der Waals surface area contributed by atoms with Crippen LogP contribution in [0.15, 0.2) is 42.7 Å².